The SMILES string of the molecule is CNCc1cc(F)c(C)c(S(=O)(=O)NCC(C)CSC)c1. The van der Waals surface area contributed by atoms with Crippen molar-refractivity contribution in [2.75, 3.05) is 25.6 Å². The van der Waals surface area contributed by atoms with Crippen molar-refractivity contribution in [3.63, 3.8) is 0 Å². The van der Waals surface area contributed by atoms with Crippen LogP contribution in [0, 0.1) is 18.7 Å². The molecule has 7 heteroatoms. The smallest absolute Gasteiger partial charge is 0.240 e. The van der Waals surface area contributed by atoms with Gasteiger partial charge in [0.05, 0.1) is 4.90 Å². The van der Waals surface area contributed by atoms with E-state index in [-0.39, 0.29) is 16.4 Å². The molecule has 0 aliphatic heterocycles. The van der Waals surface area contributed by atoms with E-state index in [0.717, 1.165) is 5.75 Å². The fraction of sp³-hybridized carbons (Fsp3) is 0.571. The molecule has 0 amide bonds. The number of sulfonamides is 1. The second kappa shape index (κ2) is 8.12. The molecule has 0 aliphatic rings. The van der Waals surface area contributed by atoms with Gasteiger partial charge in [-0.3, -0.25) is 0 Å². The topological polar surface area (TPSA) is 58.2 Å². The Balaban J connectivity index is 3.01. The van der Waals surface area contributed by atoms with E-state index < -0.39 is 15.8 Å². The van der Waals surface area contributed by atoms with Crippen molar-refractivity contribution >= 4 is 21.8 Å². The average molecular weight is 334 g/mol. The summed E-state index contributed by atoms with van der Waals surface area (Å²) in [6, 6.07) is 2.89. The standard InChI is InChI=1S/C14H23FN2O2S2/c1-10(9-20-4)7-17-21(18,19)14-6-12(8-16-3)5-13(15)11(14)2/h5-6,10,16-17H,7-9H2,1-4H3. The third kappa shape index (κ3) is 5.25. The minimum Gasteiger partial charge on any atom is -0.316 e. The van der Waals surface area contributed by atoms with Gasteiger partial charge >= 0.3 is 0 Å². The maximum atomic E-state index is 13.9. The number of rotatable bonds is 8. The van der Waals surface area contributed by atoms with Crippen LogP contribution >= 0.6 is 11.8 Å². The molecule has 0 radical (unpaired) electrons. The molecule has 4 nitrogen and oxygen atoms in total. The molecule has 1 aromatic carbocycles. The van der Waals surface area contributed by atoms with E-state index >= 15 is 0 Å². The van der Waals surface area contributed by atoms with Crippen LogP contribution in [0.3, 0.4) is 0 Å². The van der Waals surface area contributed by atoms with Crippen molar-refractivity contribution in [1.82, 2.24) is 10.0 Å². The highest BCUT2D eigenvalue weighted by molar-refractivity contribution is 7.98. The lowest BCUT2D eigenvalue weighted by molar-refractivity contribution is 0.557. The highest BCUT2D eigenvalue weighted by Crippen LogP contribution is 2.21. The molecule has 0 fully saturated rings. The van der Waals surface area contributed by atoms with Crippen LogP contribution in [-0.4, -0.2) is 34.0 Å². The van der Waals surface area contributed by atoms with Gasteiger partial charge in [-0.15, -0.1) is 0 Å². The van der Waals surface area contributed by atoms with Crippen LogP contribution in [0.15, 0.2) is 17.0 Å². The Morgan fingerprint density at radius 1 is 1.38 bits per heavy atom. The molecule has 0 spiro atoms. The fourth-order valence-electron chi connectivity index (χ4n) is 1.97. The van der Waals surface area contributed by atoms with Crippen LogP contribution < -0.4 is 10.0 Å². The Labute approximate surface area is 131 Å². The molecule has 1 aromatic rings. The van der Waals surface area contributed by atoms with Crippen molar-refractivity contribution in [2.45, 2.75) is 25.3 Å². The number of benzene rings is 1. The lowest BCUT2D eigenvalue weighted by atomic mass is 10.1. The second-order valence-corrected chi connectivity index (χ2v) is 7.79. The van der Waals surface area contributed by atoms with E-state index in [1.807, 2.05) is 13.2 Å². The van der Waals surface area contributed by atoms with Gasteiger partial charge in [0.25, 0.3) is 0 Å². The normalized spacial score (nSPS) is 13.4. The van der Waals surface area contributed by atoms with Gasteiger partial charge in [-0.1, -0.05) is 6.92 Å². The monoisotopic (exact) mass is 334 g/mol. The Kier molecular flexibility index (Phi) is 7.12. The molecule has 2 N–H and O–H groups in total. The van der Waals surface area contributed by atoms with E-state index in [2.05, 4.69) is 10.0 Å². The Hall–Kier alpha value is -0.630. The van der Waals surface area contributed by atoms with Gasteiger partial charge in [0, 0.05) is 18.7 Å². The van der Waals surface area contributed by atoms with E-state index in [4.69, 9.17) is 0 Å². The summed E-state index contributed by atoms with van der Waals surface area (Å²) in [6.07, 6.45) is 1.98. The Morgan fingerprint density at radius 2 is 2.05 bits per heavy atom. The number of hydrogen-bond donors (Lipinski definition) is 2. The third-order valence-corrected chi connectivity index (χ3v) is 5.55. The summed E-state index contributed by atoms with van der Waals surface area (Å²) in [7, 11) is -1.96. The predicted molar refractivity (Wildman–Crippen MR) is 86.6 cm³/mol. The first-order valence-electron chi connectivity index (χ1n) is 6.74. The Morgan fingerprint density at radius 3 is 2.62 bits per heavy atom. The zero-order valence-corrected chi connectivity index (χ0v) is 14.5. The van der Waals surface area contributed by atoms with Gasteiger partial charge < -0.3 is 5.32 Å². The van der Waals surface area contributed by atoms with E-state index in [9.17, 15) is 12.8 Å². The lowest BCUT2D eigenvalue weighted by Crippen LogP contribution is -2.30. The van der Waals surface area contributed by atoms with Gasteiger partial charge in [-0.2, -0.15) is 11.8 Å². The van der Waals surface area contributed by atoms with Crippen molar-refractivity contribution in [3.05, 3.63) is 29.1 Å². The van der Waals surface area contributed by atoms with Crippen LogP contribution in [0.1, 0.15) is 18.1 Å². The summed E-state index contributed by atoms with van der Waals surface area (Å²) < 4.78 is 41.2. The number of hydrogen-bond acceptors (Lipinski definition) is 4. The molecule has 0 bridgehead atoms. The van der Waals surface area contributed by atoms with Crippen molar-refractivity contribution < 1.29 is 12.8 Å². The average Bonchev–Trinajstić information content (AvgIpc) is 2.41. The molecule has 0 aliphatic carbocycles. The summed E-state index contributed by atoms with van der Waals surface area (Å²) in [6.45, 7) is 4.23. The lowest BCUT2D eigenvalue weighted by Gasteiger charge is -2.14. The van der Waals surface area contributed by atoms with Crippen LogP contribution in [0.25, 0.3) is 0 Å². The zero-order valence-electron chi connectivity index (χ0n) is 12.9. The van der Waals surface area contributed by atoms with Crippen LogP contribution in [0.5, 0.6) is 0 Å². The number of thioether (sulfide) groups is 1. The van der Waals surface area contributed by atoms with Gasteiger partial charge in [0.2, 0.25) is 10.0 Å². The third-order valence-electron chi connectivity index (χ3n) is 3.10. The molecule has 120 valence electrons. The first-order chi connectivity index (χ1) is 9.81. The molecular weight excluding hydrogens is 311 g/mol. The summed E-state index contributed by atoms with van der Waals surface area (Å²) in [5, 5.41) is 2.89. The van der Waals surface area contributed by atoms with Gasteiger partial charge in [-0.25, -0.2) is 17.5 Å². The van der Waals surface area contributed by atoms with Crippen LogP contribution in [0.2, 0.25) is 0 Å². The minimum absolute atomic E-state index is 0.0177. The molecule has 1 rings (SSSR count). The largest absolute Gasteiger partial charge is 0.316 e. The molecule has 0 aromatic heterocycles. The highest BCUT2D eigenvalue weighted by Gasteiger charge is 2.20. The quantitative estimate of drug-likeness (QED) is 0.765. The minimum atomic E-state index is -3.69. The molecular formula is C14H23FN2O2S2. The molecule has 0 saturated heterocycles. The zero-order chi connectivity index (χ0) is 16.0. The van der Waals surface area contributed by atoms with E-state index in [1.54, 1.807) is 18.8 Å². The van der Waals surface area contributed by atoms with Gasteiger partial charge in [0.15, 0.2) is 0 Å². The van der Waals surface area contributed by atoms with Crippen LogP contribution in [-0.2, 0) is 16.6 Å². The first kappa shape index (κ1) is 18.4. The van der Waals surface area contributed by atoms with Gasteiger partial charge in [0.1, 0.15) is 5.82 Å². The molecule has 21 heavy (non-hydrogen) atoms. The maximum Gasteiger partial charge on any atom is 0.240 e. The first-order valence-corrected chi connectivity index (χ1v) is 9.61. The van der Waals surface area contributed by atoms with E-state index in [1.165, 1.54) is 19.1 Å². The maximum absolute atomic E-state index is 13.9. The fourth-order valence-corrected chi connectivity index (χ4v) is 4.12. The molecule has 0 heterocycles. The molecule has 1 atom stereocenters. The highest BCUT2D eigenvalue weighted by atomic mass is 32.2. The van der Waals surface area contributed by atoms with Crippen molar-refractivity contribution in [2.24, 2.45) is 5.92 Å². The number of nitrogens with one attached hydrogen (secondary N) is 2. The summed E-state index contributed by atoms with van der Waals surface area (Å²) in [5.41, 5.74) is 0.762. The summed E-state index contributed by atoms with van der Waals surface area (Å²) in [4.78, 5) is 0.0177. The second-order valence-electron chi connectivity index (χ2n) is 5.14. The molecule has 1 unspecified atom stereocenters. The Bertz CT molecular complexity index is 577. The van der Waals surface area contributed by atoms with Gasteiger partial charge in [-0.05, 0) is 49.6 Å². The molecule has 0 saturated carbocycles. The summed E-state index contributed by atoms with van der Waals surface area (Å²) >= 11 is 1.67. The summed E-state index contributed by atoms with van der Waals surface area (Å²) in [5.74, 6) is 0.594. The number of halogens is 1. The van der Waals surface area contributed by atoms with E-state index in [0.29, 0.717) is 18.7 Å². The van der Waals surface area contributed by atoms with Crippen molar-refractivity contribution in [3.8, 4) is 0 Å². The van der Waals surface area contributed by atoms with Crippen molar-refractivity contribution in [1.29, 1.82) is 0 Å². The predicted octanol–water partition coefficient (Wildman–Crippen LogP) is 2.13. The van der Waals surface area contributed by atoms with Crippen LogP contribution in [0.4, 0.5) is 4.39 Å².